The number of halogens is 1. The first-order valence-corrected chi connectivity index (χ1v) is 9.90. The molecule has 0 saturated carbocycles. The summed E-state index contributed by atoms with van der Waals surface area (Å²) in [5.74, 6) is 2.63. The van der Waals surface area contributed by atoms with E-state index in [1.165, 1.54) is 0 Å². The molecule has 0 bridgehead atoms. The second-order valence-corrected chi connectivity index (χ2v) is 7.51. The van der Waals surface area contributed by atoms with Gasteiger partial charge in [-0.05, 0) is 36.8 Å². The highest BCUT2D eigenvalue weighted by molar-refractivity contribution is 9.10. The predicted molar refractivity (Wildman–Crippen MR) is 105 cm³/mol. The van der Waals surface area contributed by atoms with E-state index in [2.05, 4.69) is 21.2 Å². The Labute approximate surface area is 156 Å². The van der Waals surface area contributed by atoms with Gasteiger partial charge in [0.1, 0.15) is 5.75 Å². The molecule has 1 amide bonds. The van der Waals surface area contributed by atoms with Crippen LogP contribution in [0, 0.1) is 0 Å². The summed E-state index contributed by atoms with van der Waals surface area (Å²) in [5, 5.41) is 3.03. The minimum atomic E-state index is 0.0458. The van der Waals surface area contributed by atoms with Crippen molar-refractivity contribution in [3.63, 3.8) is 0 Å². The van der Waals surface area contributed by atoms with Crippen LogP contribution in [0.2, 0.25) is 0 Å². The lowest BCUT2D eigenvalue weighted by Crippen LogP contribution is -2.26. The average molecular weight is 408 g/mol. The molecule has 0 aliphatic rings. The Morgan fingerprint density at radius 1 is 1.12 bits per heavy atom. The second-order valence-electron chi connectivity index (χ2n) is 5.36. The summed E-state index contributed by atoms with van der Waals surface area (Å²) >= 11 is 5.13. The quantitative estimate of drug-likeness (QED) is 0.604. The summed E-state index contributed by atoms with van der Waals surface area (Å²) < 4.78 is 6.69. The summed E-state index contributed by atoms with van der Waals surface area (Å²) in [4.78, 5) is 12.0. The Morgan fingerprint density at radius 2 is 1.83 bits per heavy atom. The molecular weight excluding hydrogens is 386 g/mol. The zero-order valence-corrected chi connectivity index (χ0v) is 16.1. The van der Waals surface area contributed by atoms with Crippen molar-refractivity contribution in [2.45, 2.75) is 19.4 Å². The van der Waals surface area contributed by atoms with Crippen LogP contribution < -0.4 is 10.1 Å². The van der Waals surface area contributed by atoms with Crippen molar-refractivity contribution >= 4 is 33.6 Å². The molecule has 2 rings (SSSR count). The molecule has 0 aromatic heterocycles. The zero-order valence-electron chi connectivity index (χ0n) is 13.7. The van der Waals surface area contributed by atoms with Crippen LogP contribution in [0.4, 0.5) is 0 Å². The molecule has 5 heteroatoms. The first-order valence-electron chi connectivity index (χ1n) is 7.95. The van der Waals surface area contributed by atoms with Crippen LogP contribution in [-0.2, 0) is 4.79 Å². The minimum absolute atomic E-state index is 0.0458. The third-order valence-corrected chi connectivity index (χ3v) is 4.94. The molecule has 1 atom stereocenters. The summed E-state index contributed by atoms with van der Waals surface area (Å²) in [6.07, 6.45) is 0.528. The molecule has 0 aliphatic carbocycles. The predicted octanol–water partition coefficient (Wildman–Crippen LogP) is 4.83. The molecule has 24 heavy (non-hydrogen) atoms. The molecule has 0 aliphatic heterocycles. The number of thioether (sulfide) groups is 1. The third kappa shape index (κ3) is 6.97. The lowest BCUT2D eigenvalue weighted by molar-refractivity contribution is -0.121. The molecule has 0 spiro atoms. The maximum absolute atomic E-state index is 12.0. The fraction of sp³-hybridized carbons (Fsp3) is 0.316. The van der Waals surface area contributed by atoms with E-state index in [9.17, 15) is 4.79 Å². The zero-order chi connectivity index (χ0) is 17.2. The van der Waals surface area contributed by atoms with Gasteiger partial charge in [0.25, 0.3) is 0 Å². The number of carbonyl (C=O) groups excluding carboxylic acids is 1. The molecule has 0 unspecified atom stereocenters. The van der Waals surface area contributed by atoms with E-state index in [1.54, 1.807) is 11.8 Å². The second kappa shape index (κ2) is 10.4. The van der Waals surface area contributed by atoms with Gasteiger partial charge in [-0.3, -0.25) is 4.79 Å². The summed E-state index contributed by atoms with van der Waals surface area (Å²) in [6, 6.07) is 17.8. The molecule has 1 N–H and O–H groups in total. The van der Waals surface area contributed by atoms with Gasteiger partial charge in [-0.1, -0.05) is 46.3 Å². The van der Waals surface area contributed by atoms with E-state index in [0.717, 1.165) is 27.3 Å². The van der Waals surface area contributed by atoms with Crippen LogP contribution in [0.3, 0.4) is 0 Å². The van der Waals surface area contributed by atoms with Crippen molar-refractivity contribution in [1.29, 1.82) is 0 Å². The fourth-order valence-corrected chi connectivity index (χ4v) is 3.15. The van der Waals surface area contributed by atoms with Crippen LogP contribution in [0.1, 0.15) is 24.9 Å². The monoisotopic (exact) mass is 407 g/mol. The maximum Gasteiger partial charge on any atom is 0.221 e. The Bertz CT molecular complexity index is 619. The number of amides is 1. The number of benzene rings is 2. The van der Waals surface area contributed by atoms with E-state index >= 15 is 0 Å². The topological polar surface area (TPSA) is 38.3 Å². The molecule has 3 nitrogen and oxygen atoms in total. The number of hydrogen-bond donors (Lipinski definition) is 1. The van der Waals surface area contributed by atoms with Crippen molar-refractivity contribution in [3.05, 3.63) is 64.6 Å². The smallest absolute Gasteiger partial charge is 0.221 e. The van der Waals surface area contributed by atoms with Crippen LogP contribution in [0.5, 0.6) is 5.75 Å². The number of ether oxygens (including phenoxy) is 1. The van der Waals surface area contributed by atoms with Crippen molar-refractivity contribution in [1.82, 2.24) is 5.32 Å². The van der Waals surface area contributed by atoms with Gasteiger partial charge < -0.3 is 10.1 Å². The molecule has 0 fully saturated rings. The highest BCUT2D eigenvalue weighted by Gasteiger charge is 2.08. The molecule has 0 heterocycles. The average Bonchev–Trinajstić information content (AvgIpc) is 2.60. The van der Waals surface area contributed by atoms with Crippen LogP contribution >= 0.6 is 27.7 Å². The largest absolute Gasteiger partial charge is 0.493 e. The van der Waals surface area contributed by atoms with Gasteiger partial charge in [0, 0.05) is 22.4 Å². The maximum atomic E-state index is 12.0. The van der Waals surface area contributed by atoms with Crippen LogP contribution in [0.15, 0.2) is 59.1 Å². The van der Waals surface area contributed by atoms with Gasteiger partial charge in [-0.15, -0.1) is 0 Å². The van der Waals surface area contributed by atoms with Crippen LogP contribution in [0.25, 0.3) is 0 Å². The van der Waals surface area contributed by atoms with Crippen LogP contribution in [-0.4, -0.2) is 24.0 Å². The van der Waals surface area contributed by atoms with Gasteiger partial charge >= 0.3 is 0 Å². The Morgan fingerprint density at radius 3 is 2.54 bits per heavy atom. The van der Waals surface area contributed by atoms with Gasteiger partial charge in [-0.2, -0.15) is 11.8 Å². The first-order chi connectivity index (χ1) is 11.6. The molecule has 2 aromatic rings. The van der Waals surface area contributed by atoms with E-state index in [1.807, 2.05) is 61.5 Å². The summed E-state index contributed by atoms with van der Waals surface area (Å²) in [6.45, 7) is 2.65. The molecule has 2 aromatic carbocycles. The normalized spacial score (nSPS) is 11.8. The number of nitrogens with one attached hydrogen (secondary N) is 1. The van der Waals surface area contributed by atoms with Gasteiger partial charge in [-0.25, -0.2) is 0 Å². The Hall–Kier alpha value is -1.46. The number of hydrogen-bond acceptors (Lipinski definition) is 3. The standard InChI is InChI=1S/C19H22BrNO2S/c1-15(16-5-3-2-4-6-16)21-19(22)11-13-24-14-12-23-18-9-7-17(20)8-10-18/h2-10,15H,11-14H2,1H3,(H,21,22)/t15-/m0/s1. The summed E-state index contributed by atoms with van der Waals surface area (Å²) in [7, 11) is 0. The number of rotatable bonds is 9. The molecular formula is C19H22BrNO2S. The van der Waals surface area contributed by atoms with E-state index in [-0.39, 0.29) is 11.9 Å². The van der Waals surface area contributed by atoms with E-state index in [4.69, 9.17) is 4.74 Å². The molecule has 0 saturated heterocycles. The Balaban J connectivity index is 1.55. The van der Waals surface area contributed by atoms with Gasteiger partial charge in [0.2, 0.25) is 5.91 Å². The minimum Gasteiger partial charge on any atom is -0.493 e. The van der Waals surface area contributed by atoms with Crippen molar-refractivity contribution in [2.24, 2.45) is 0 Å². The van der Waals surface area contributed by atoms with Crippen molar-refractivity contribution in [2.75, 3.05) is 18.1 Å². The highest BCUT2D eigenvalue weighted by Crippen LogP contribution is 2.16. The first kappa shape index (κ1) is 18.9. The SMILES string of the molecule is C[C@H](NC(=O)CCSCCOc1ccc(Br)cc1)c1ccccc1. The Kier molecular flexibility index (Phi) is 8.19. The fourth-order valence-electron chi connectivity index (χ4n) is 2.15. The summed E-state index contributed by atoms with van der Waals surface area (Å²) in [5.41, 5.74) is 1.13. The van der Waals surface area contributed by atoms with E-state index < -0.39 is 0 Å². The molecule has 128 valence electrons. The van der Waals surface area contributed by atoms with E-state index in [0.29, 0.717) is 13.0 Å². The van der Waals surface area contributed by atoms with Gasteiger partial charge in [0.05, 0.1) is 12.6 Å². The lowest BCUT2D eigenvalue weighted by Gasteiger charge is -2.14. The van der Waals surface area contributed by atoms with Gasteiger partial charge in [0.15, 0.2) is 0 Å². The van der Waals surface area contributed by atoms with Crippen molar-refractivity contribution < 1.29 is 9.53 Å². The van der Waals surface area contributed by atoms with Crippen molar-refractivity contribution in [3.8, 4) is 5.75 Å². The molecule has 0 radical (unpaired) electrons. The third-order valence-electron chi connectivity index (χ3n) is 3.46. The highest BCUT2D eigenvalue weighted by atomic mass is 79.9. The lowest BCUT2D eigenvalue weighted by atomic mass is 10.1. The number of carbonyl (C=O) groups is 1.